The predicted molar refractivity (Wildman–Crippen MR) is 90.6 cm³/mol. The summed E-state index contributed by atoms with van der Waals surface area (Å²) < 4.78 is 5.91. The van der Waals surface area contributed by atoms with E-state index in [1.54, 1.807) is 0 Å². The van der Waals surface area contributed by atoms with Gasteiger partial charge in [0.25, 0.3) is 5.91 Å². The predicted octanol–water partition coefficient (Wildman–Crippen LogP) is 4.35. The van der Waals surface area contributed by atoms with Crippen LogP contribution in [0.5, 0.6) is 0 Å². The van der Waals surface area contributed by atoms with E-state index in [0.29, 0.717) is 5.76 Å². The lowest BCUT2D eigenvalue weighted by Gasteiger charge is -2.22. The third-order valence-electron chi connectivity index (χ3n) is 4.72. The molecule has 1 N–H and O–H groups in total. The number of aromatic nitrogens is 1. The van der Waals surface area contributed by atoms with E-state index in [0.717, 1.165) is 40.4 Å². The van der Waals surface area contributed by atoms with Crippen molar-refractivity contribution < 1.29 is 9.21 Å². The minimum absolute atomic E-state index is 0.114. The largest absolute Gasteiger partial charge is 0.450 e. The van der Waals surface area contributed by atoms with E-state index in [1.165, 1.54) is 19.3 Å². The Morgan fingerprint density at radius 2 is 1.96 bits per heavy atom. The Bertz CT molecular complexity index is 876. The van der Waals surface area contributed by atoms with Gasteiger partial charge in [0.2, 0.25) is 0 Å². The molecule has 0 saturated heterocycles. The first kappa shape index (κ1) is 14.2. The minimum atomic E-state index is -0.114. The van der Waals surface area contributed by atoms with Gasteiger partial charge < -0.3 is 9.73 Å². The lowest BCUT2D eigenvalue weighted by atomic mass is 9.95. The van der Waals surface area contributed by atoms with E-state index in [-0.39, 0.29) is 11.9 Å². The fourth-order valence-corrected chi connectivity index (χ4v) is 3.48. The van der Waals surface area contributed by atoms with Crippen molar-refractivity contribution in [3.63, 3.8) is 0 Å². The molecule has 0 aliphatic heterocycles. The Morgan fingerprint density at radius 1 is 1.17 bits per heavy atom. The van der Waals surface area contributed by atoms with Crippen LogP contribution in [0.1, 0.15) is 48.4 Å². The van der Waals surface area contributed by atoms with Gasteiger partial charge in [0.05, 0.1) is 5.52 Å². The molecule has 0 bridgehead atoms. The van der Waals surface area contributed by atoms with Gasteiger partial charge in [0.1, 0.15) is 5.58 Å². The molecule has 0 radical (unpaired) electrons. The number of amides is 1. The molecule has 1 aromatic carbocycles. The Labute approximate surface area is 134 Å². The Kier molecular flexibility index (Phi) is 3.52. The van der Waals surface area contributed by atoms with Crippen LogP contribution < -0.4 is 5.32 Å². The molecule has 1 aliphatic rings. The second-order valence-corrected chi connectivity index (χ2v) is 6.38. The zero-order valence-corrected chi connectivity index (χ0v) is 13.3. The van der Waals surface area contributed by atoms with Crippen molar-refractivity contribution >= 4 is 27.8 Å². The molecule has 1 fully saturated rings. The van der Waals surface area contributed by atoms with Crippen LogP contribution in [-0.2, 0) is 0 Å². The number of fused-ring (bicyclic) bond motifs is 3. The number of carbonyl (C=O) groups excluding carboxylic acids is 1. The summed E-state index contributed by atoms with van der Waals surface area (Å²) in [4.78, 5) is 17.1. The maximum Gasteiger partial charge on any atom is 0.287 e. The Balaban J connectivity index is 1.72. The van der Waals surface area contributed by atoms with Crippen molar-refractivity contribution in [1.29, 1.82) is 0 Å². The van der Waals surface area contributed by atoms with Crippen molar-refractivity contribution in [1.82, 2.24) is 10.3 Å². The number of hydrogen-bond acceptors (Lipinski definition) is 3. The summed E-state index contributed by atoms with van der Waals surface area (Å²) >= 11 is 0. The summed E-state index contributed by atoms with van der Waals surface area (Å²) in [6, 6.07) is 9.97. The highest BCUT2D eigenvalue weighted by Crippen LogP contribution is 2.29. The monoisotopic (exact) mass is 308 g/mol. The number of nitrogens with one attached hydrogen (secondary N) is 1. The topological polar surface area (TPSA) is 55.1 Å². The molecule has 0 unspecified atom stereocenters. The molecule has 0 spiro atoms. The van der Waals surface area contributed by atoms with Crippen molar-refractivity contribution in [3.8, 4) is 0 Å². The van der Waals surface area contributed by atoms with Crippen molar-refractivity contribution in [2.75, 3.05) is 0 Å². The van der Waals surface area contributed by atoms with Crippen LogP contribution in [0.25, 0.3) is 21.9 Å². The second kappa shape index (κ2) is 5.69. The van der Waals surface area contributed by atoms with Crippen LogP contribution in [0.4, 0.5) is 0 Å². The molecular formula is C19H20N2O2. The first-order valence-corrected chi connectivity index (χ1v) is 8.32. The number of para-hydroxylation sites is 1. The third-order valence-corrected chi connectivity index (χ3v) is 4.72. The molecule has 4 nitrogen and oxygen atoms in total. The normalized spacial score (nSPS) is 16.0. The second-order valence-electron chi connectivity index (χ2n) is 6.38. The maximum atomic E-state index is 12.5. The number of carbonyl (C=O) groups is 1. The maximum absolute atomic E-state index is 12.5. The summed E-state index contributed by atoms with van der Waals surface area (Å²) in [7, 11) is 0. The zero-order chi connectivity index (χ0) is 15.8. The summed E-state index contributed by atoms with van der Waals surface area (Å²) in [6.07, 6.45) is 5.79. The van der Waals surface area contributed by atoms with E-state index >= 15 is 0 Å². The van der Waals surface area contributed by atoms with Gasteiger partial charge in [-0.15, -0.1) is 0 Å². The standard InChI is InChI=1S/C19H20N2O2/c1-12-15-11-17(19(22)21-13-7-3-2-4-8-13)23-18(15)14-9-5-6-10-16(14)20-12/h5-6,9-11,13H,2-4,7-8H2,1H3,(H,21,22). The SMILES string of the molecule is Cc1nc2ccccc2c2oc(C(=O)NC3CCCCC3)cc12. The van der Waals surface area contributed by atoms with Gasteiger partial charge in [-0.1, -0.05) is 31.4 Å². The van der Waals surface area contributed by atoms with Gasteiger partial charge in [-0.05, 0) is 38.0 Å². The van der Waals surface area contributed by atoms with Crippen LogP contribution >= 0.6 is 0 Å². The lowest BCUT2D eigenvalue weighted by molar-refractivity contribution is 0.0902. The van der Waals surface area contributed by atoms with Gasteiger partial charge in [0.15, 0.2) is 5.76 Å². The number of benzene rings is 1. The molecule has 118 valence electrons. The summed E-state index contributed by atoms with van der Waals surface area (Å²) in [5.74, 6) is 0.267. The number of nitrogens with zero attached hydrogens (tertiary/aromatic N) is 1. The van der Waals surface area contributed by atoms with Crippen LogP contribution in [-0.4, -0.2) is 16.9 Å². The van der Waals surface area contributed by atoms with Crippen LogP contribution in [0, 0.1) is 6.92 Å². The van der Waals surface area contributed by atoms with Crippen LogP contribution in [0.15, 0.2) is 34.7 Å². The lowest BCUT2D eigenvalue weighted by Crippen LogP contribution is -2.35. The quantitative estimate of drug-likeness (QED) is 0.765. The summed E-state index contributed by atoms with van der Waals surface area (Å²) in [5, 5.41) is 4.97. The molecule has 2 aromatic heterocycles. The molecule has 1 amide bonds. The van der Waals surface area contributed by atoms with Gasteiger partial charge in [-0.2, -0.15) is 0 Å². The minimum Gasteiger partial charge on any atom is -0.450 e. The molecule has 2 heterocycles. The van der Waals surface area contributed by atoms with E-state index in [2.05, 4.69) is 10.3 Å². The molecule has 4 heteroatoms. The highest BCUT2D eigenvalue weighted by atomic mass is 16.3. The number of rotatable bonds is 2. The molecule has 23 heavy (non-hydrogen) atoms. The van der Waals surface area contributed by atoms with E-state index in [9.17, 15) is 4.79 Å². The fourth-order valence-electron chi connectivity index (χ4n) is 3.48. The number of hydrogen-bond donors (Lipinski definition) is 1. The average Bonchev–Trinajstić information content (AvgIpc) is 3.02. The van der Waals surface area contributed by atoms with Crippen molar-refractivity contribution in [3.05, 3.63) is 41.8 Å². The summed E-state index contributed by atoms with van der Waals surface area (Å²) in [5.41, 5.74) is 2.53. The molecule has 1 saturated carbocycles. The van der Waals surface area contributed by atoms with Crippen molar-refractivity contribution in [2.45, 2.75) is 45.1 Å². The van der Waals surface area contributed by atoms with Gasteiger partial charge >= 0.3 is 0 Å². The highest BCUT2D eigenvalue weighted by Gasteiger charge is 2.20. The van der Waals surface area contributed by atoms with E-state index < -0.39 is 0 Å². The fraction of sp³-hybridized carbons (Fsp3) is 0.368. The number of pyridine rings is 1. The summed E-state index contributed by atoms with van der Waals surface area (Å²) in [6.45, 7) is 1.95. The molecule has 4 rings (SSSR count). The van der Waals surface area contributed by atoms with Gasteiger partial charge in [-0.25, -0.2) is 0 Å². The smallest absolute Gasteiger partial charge is 0.287 e. The number of aryl methyl sites for hydroxylation is 1. The number of furan rings is 1. The highest BCUT2D eigenvalue weighted by molar-refractivity contribution is 6.06. The third kappa shape index (κ3) is 2.58. The first-order valence-electron chi connectivity index (χ1n) is 8.32. The van der Waals surface area contributed by atoms with E-state index in [1.807, 2.05) is 37.3 Å². The molecule has 1 aliphatic carbocycles. The van der Waals surface area contributed by atoms with E-state index in [4.69, 9.17) is 4.42 Å². The van der Waals surface area contributed by atoms with Crippen molar-refractivity contribution in [2.24, 2.45) is 0 Å². The Hall–Kier alpha value is -2.36. The van der Waals surface area contributed by atoms with Gasteiger partial charge in [0, 0.05) is 22.5 Å². The average molecular weight is 308 g/mol. The van der Waals surface area contributed by atoms with Crippen LogP contribution in [0.2, 0.25) is 0 Å². The Morgan fingerprint density at radius 3 is 2.78 bits per heavy atom. The molecule has 3 aromatic rings. The first-order chi connectivity index (χ1) is 11.2. The molecule has 0 atom stereocenters. The van der Waals surface area contributed by atoms with Crippen LogP contribution in [0.3, 0.4) is 0 Å². The zero-order valence-electron chi connectivity index (χ0n) is 13.3. The van der Waals surface area contributed by atoms with Gasteiger partial charge in [-0.3, -0.25) is 9.78 Å². The molecular weight excluding hydrogens is 288 g/mol.